The van der Waals surface area contributed by atoms with Gasteiger partial charge in [0.25, 0.3) is 0 Å². The summed E-state index contributed by atoms with van der Waals surface area (Å²) in [6.07, 6.45) is 4.40. The van der Waals surface area contributed by atoms with Crippen LogP contribution >= 0.6 is 0 Å². The second-order valence-electron chi connectivity index (χ2n) is 5.43. The highest BCUT2D eigenvalue weighted by Gasteiger charge is 2.23. The molecule has 2 N–H and O–H groups in total. The zero-order valence-electron chi connectivity index (χ0n) is 11.0. The number of H-pyrrole nitrogens is 1. The molecule has 1 aromatic heterocycles. The van der Waals surface area contributed by atoms with Crippen molar-refractivity contribution < 1.29 is 4.74 Å². The van der Waals surface area contributed by atoms with Crippen LogP contribution in [0.2, 0.25) is 0 Å². The molecule has 0 bridgehead atoms. The van der Waals surface area contributed by atoms with E-state index in [0.717, 1.165) is 38.5 Å². The fraction of sp³-hybridized carbons (Fsp3) is 0.769. The minimum atomic E-state index is 0.268. The van der Waals surface area contributed by atoms with Crippen LogP contribution in [0.4, 0.5) is 0 Å². The Balaban J connectivity index is 1.59. The fourth-order valence-electron chi connectivity index (χ4n) is 2.85. The van der Waals surface area contributed by atoms with E-state index in [9.17, 15) is 0 Å². The Morgan fingerprint density at radius 1 is 1.56 bits per heavy atom. The van der Waals surface area contributed by atoms with Crippen LogP contribution in [0.3, 0.4) is 0 Å². The van der Waals surface area contributed by atoms with Gasteiger partial charge in [-0.05, 0) is 20.0 Å². The zero-order valence-corrected chi connectivity index (χ0v) is 11.0. The molecule has 18 heavy (non-hydrogen) atoms. The number of nitrogens with one attached hydrogen (secondary N) is 2. The number of aromatic nitrogens is 2. The first-order chi connectivity index (χ1) is 8.81. The number of morpholine rings is 1. The Bertz CT molecular complexity index is 386. The average Bonchev–Trinajstić information content (AvgIpc) is 2.99. The normalized spacial score (nSPS) is 29.8. The maximum atomic E-state index is 5.70. The summed E-state index contributed by atoms with van der Waals surface area (Å²) in [6, 6.07) is 0. The van der Waals surface area contributed by atoms with Crippen LogP contribution in [0.15, 0.2) is 6.20 Å². The molecule has 2 saturated heterocycles. The van der Waals surface area contributed by atoms with E-state index in [1.54, 1.807) is 0 Å². The van der Waals surface area contributed by atoms with Crippen molar-refractivity contribution in [1.82, 2.24) is 20.2 Å². The highest BCUT2D eigenvalue weighted by atomic mass is 16.5. The molecule has 3 rings (SSSR count). The molecule has 5 nitrogen and oxygen atoms in total. The number of likely N-dealkylation sites (tertiary alicyclic amines) is 1. The van der Waals surface area contributed by atoms with Crippen molar-refractivity contribution in [2.75, 3.05) is 39.8 Å². The predicted molar refractivity (Wildman–Crippen MR) is 69.8 cm³/mol. The summed E-state index contributed by atoms with van der Waals surface area (Å²) in [5, 5.41) is 3.35. The average molecular weight is 250 g/mol. The van der Waals surface area contributed by atoms with Crippen molar-refractivity contribution in [1.29, 1.82) is 0 Å². The quantitative estimate of drug-likeness (QED) is 0.813. The third-order valence-corrected chi connectivity index (χ3v) is 3.90. The largest absolute Gasteiger partial charge is 0.375 e. The summed E-state index contributed by atoms with van der Waals surface area (Å²) < 4.78 is 5.70. The Kier molecular flexibility index (Phi) is 3.63. The number of aromatic amines is 1. The summed E-state index contributed by atoms with van der Waals surface area (Å²) in [5.74, 6) is 1.69. The Hall–Kier alpha value is -0.910. The van der Waals surface area contributed by atoms with Crippen LogP contribution in [0, 0.1) is 0 Å². The summed E-state index contributed by atoms with van der Waals surface area (Å²) in [5.41, 5.74) is 1.29. The van der Waals surface area contributed by atoms with Gasteiger partial charge in [-0.3, -0.25) is 0 Å². The molecule has 0 saturated carbocycles. The molecule has 5 heteroatoms. The van der Waals surface area contributed by atoms with Gasteiger partial charge in [-0.25, -0.2) is 4.98 Å². The van der Waals surface area contributed by atoms with Gasteiger partial charge < -0.3 is 19.9 Å². The SMILES string of the molecule is CN1CCC(c2cnc(CC3CNCCO3)[nH]2)C1. The van der Waals surface area contributed by atoms with E-state index < -0.39 is 0 Å². The highest BCUT2D eigenvalue weighted by Crippen LogP contribution is 2.24. The van der Waals surface area contributed by atoms with E-state index in [-0.39, 0.29) is 6.10 Å². The van der Waals surface area contributed by atoms with E-state index >= 15 is 0 Å². The number of likely N-dealkylation sites (N-methyl/N-ethyl adjacent to an activating group) is 1. The van der Waals surface area contributed by atoms with Crippen molar-refractivity contribution in [2.45, 2.75) is 24.9 Å². The van der Waals surface area contributed by atoms with E-state index in [4.69, 9.17) is 4.74 Å². The first kappa shape index (κ1) is 12.1. The lowest BCUT2D eigenvalue weighted by Crippen LogP contribution is -2.39. The summed E-state index contributed by atoms with van der Waals surface area (Å²) in [6.45, 7) is 5.04. The standard InChI is InChI=1S/C13H22N4O/c1-17-4-2-10(9-17)12-8-15-13(16-12)6-11-7-14-3-5-18-11/h8,10-11,14H,2-7,9H2,1H3,(H,15,16). The Labute approximate surface area is 108 Å². The fourth-order valence-corrected chi connectivity index (χ4v) is 2.85. The molecule has 0 aliphatic carbocycles. The molecule has 2 atom stereocenters. The predicted octanol–water partition coefficient (Wildman–Crippen LogP) is 0.360. The van der Waals surface area contributed by atoms with Gasteiger partial charge in [0, 0.05) is 43.9 Å². The minimum absolute atomic E-state index is 0.268. The molecule has 2 fully saturated rings. The molecule has 0 spiro atoms. The Morgan fingerprint density at radius 3 is 3.22 bits per heavy atom. The lowest BCUT2D eigenvalue weighted by Gasteiger charge is -2.22. The second-order valence-corrected chi connectivity index (χ2v) is 5.43. The van der Waals surface area contributed by atoms with Gasteiger partial charge in [-0.2, -0.15) is 0 Å². The molecule has 2 aliphatic rings. The van der Waals surface area contributed by atoms with Gasteiger partial charge in [0.15, 0.2) is 0 Å². The topological polar surface area (TPSA) is 53.2 Å². The Morgan fingerprint density at radius 2 is 2.50 bits per heavy atom. The molecular formula is C13H22N4O. The molecule has 2 aliphatic heterocycles. The van der Waals surface area contributed by atoms with Gasteiger partial charge in [-0.15, -0.1) is 0 Å². The number of ether oxygens (including phenoxy) is 1. The molecule has 2 unspecified atom stereocenters. The monoisotopic (exact) mass is 250 g/mol. The van der Waals surface area contributed by atoms with Gasteiger partial charge in [0.2, 0.25) is 0 Å². The molecule has 100 valence electrons. The van der Waals surface area contributed by atoms with E-state index in [2.05, 4.69) is 27.2 Å². The smallest absolute Gasteiger partial charge is 0.108 e. The van der Waals surface area contributed by atoms with Crippen molar-refractivity contribution in [3.8, 4) is 0 Å². The molecule has 0 amide bonds. The molecule has 0 radical (unpaired) electrons. The third kappa shape index (κ3) is 2.74. The maximum absolute atomic E-state index is 5.70. The highest BCUT2D eigenvalue weighted by molar-refractivity contribution is 5.11. The van der Waals surface area contributed by atoms with Crippen LogP contribution in [-0.2, 0) is 11.2 Å². The van der Waals surface area contributed by atoms with Gasteiger partial charge in [0.05, 0.1) is 12.7 Å². The van der Waals surface area contributed by atoms with E-state index in [1.165, 1.54) is 18.7 Å². The van der Waals surface area contributed by atoms with Crippen LogP contribution in [0.1, 0.15) is 23.9 Å². The molecule has 0 aromatic carbocycles. The van der Waals surface area contributed by atoms with Crippen molar-refractivity contribution >= 4 is 0 Å². The molecule has 1 aromatic rings. The number of hydrogen-bond donors (Lipinski definition) is 2. The number of nitrogens with zero attached hydrogens (tertiary/aromatic N) is 2. The number of hydrogen-bond acceptors (Lipinski definition) is 4. The van der Waals surface area contributed by atoms with Crippen molar-refractivity contribution in [3.63, 3.8) is 0 Å². The molecule has 3 heterocycles. The van der Waals surface area contributed by atoms with Gasteiger partial charge in [-0.1, -0.05) is 0 Å². The number of imidazole rings is 1. The molecular weight excluding hydrogens is 228 g/mol. The summed E-state index contributed by atoms with van der Waals surface area (Å²) >= 11 is 0. The van der Waals surface area contributed by atoms with Crippen LogP contribution in [0.5, 0.6) is 0 Å². The second kappa shape index (κ2) is 5.38. The van der Waals surface area contributed by atoms with E-state index in [0.29, 0.717) is 5.92 Å². The lowest BCUT2D eigenvalue weighted by atomic mass is 10.1. The van der Waals surface area contributed by atoms with Crippen LogP contribution in [0.25, 0.3) is 0 Å². The summed E-state index contributed by atoms with van der Waals surface area (Å²) in [7, 11) is 2.18. The first-order valence-electron chi connectivity index (χ1n) is 6.86. The summed E-state index contributed by atoms with van der Waals surface area (Å²) in [4.78, 5) is 10.3. The van der Waals surface area contributed by atoms with Crippen molar-refractivity contribution in [2.24, 2.45) is 0 Å². The minimum Gasteiger partial charge on any atom is -0.375 e. The first-order valence-corrected chi connectivity index (χ1v) is 6.86. The van der Waals surface area contributed by atoms with Crippen molar-refractivity contribution in [3.05, 3.63) is 17.7 Å². The van der Waals surface area contributed by atoms with Crippen LogP contribution < -0.4 is 5.32 Å². The maximum Gasteiger partial charge on any atom is 0.108 e. The van der Waals surface area contributed by atoms with Gasteiger partial charge in [0.1, 0.15) is 5.82 Å². The lowest BCUT2D eigenvalue weighted by molar-refractivity contribution is 0.0281. The van der Waals surface area contributed by atoms with Crippen LogP contribution in [-0.4, -0.2) is 60.8 Å². The van der Waals surface area contributed by atoms with E-state index in [1.807, 2.05) is 6.20 Å². The third-order valence-electron chi connectivity index (χ3n) is 3.90. The number of rotatable bonds is 3. The zero-order chi connectivity index (χ0) is 12.4. The van der Waals surface area contributed by atoms with Gasteiger partial charge >= 0.3 is 0 Å².